The molecule has 2 atom stereocenters. The van der Waals surface area contributed by atoms with Crippen molar-refractivity contribution in [2.24, 2.45) is 0 Å². The van der Waals surface area contributed by atoms with E-state index in [4.69, 9.17) is 0 Å². The molecule has 2 heterocycles. The molecular formula is C14H25N3O2. The Morgan fingerprint density at radius 3 is 2.79 bits per heavy atom. The van der Waals surface area contributed by atoms with Crippen LogP contribution in [0.5, 0.6) is 0 Å². The van der Waals surface area contributed by atoms with E-state index in [9.17, 15) is 9.59 Å². The predicted octanol–water partition coefficient (Wildman–Crippen LogP) is 0.646. The molecule has 108 valence electrons. The van der Waals surface area contributed by atoms with Crippen LogP contribution in [0.1, 0.15) is 45.4 Å². The maximum atomic E-state index is 12.3. The lowest BCUT2D eigenvalue weighted by Crippen LogP contribution is -2.53. The summed E-state index contributed by atoms with van der Waals surface area (Å²) in [6, 6.07) is 0.158. The number of nitrogens with one attached hydrogen (secondary N) is 2. The number of hydrogen-bond acceptors (Lipinski definition) is 3. The number of carbonyl (C=O) groups excluding carboxylic acids is 2. The van der Waals surface area contributed by atoms with Gasteiger partial charge < -0.3 is 15.5 Å². The van der Waals surface area contributed by atoms with Crippen molar-refractivity contribution in [3.8, 4) is 0 Å². The number of hydrogen-bond donors (Lipinski definition) is 2. The highest BCUT2D eigenvalue weighted by Gasteiger charge is 2.31. The van der Waals surface area contributed by atoms with Gasteiger partial charge in [0.05, 0.1) is 0 Å². The van der Waals surface area contributed by atoms with Gasteiger partial charge in [-0.15, -0.1) is 0 Å². The minimum absolute atomic E-state index is 0.0233. The third kappa shape index (κ3) is 3.69. The molecule has 0 bridgehead atoms. The summed E-state index contributed by atoms with van der Waals surface area (Å²) in [5, 5.41) is 6.37. The van der Waals surface area contributed by atoms with E-state index in [1.165, 1.54) is 6.42 Å². The van der Waals surface area contributed by atoms with Crippen molar-refractivity contribution >= 4 is 11.8 Å². The normalized spacial score (nSPS) is 27.3. The van der Waals surface area contributed by atoms with Crippen LogP contribution in [0.4, 0.5) is 0 Å². The maximum absolute atomic E-state index is 12.3. The zero-order valence-electron chi connectivity index (χ0n) is 11.8. The molecule has 2 fully saturated rings. The van der Waals surface area contributed by atoms with E-state index < -0.39 is 0 Å². The van der Waals surface area contributed by atoms with Crippen LogP contribution in [-0.4, -0.2) is 48.4 Å². The van der Waals surface area contributed by atoms with Crippen LogP contribution < -0.4 is 10.6 Å². The van der Waals surface area contributed by atoms with Gasteiger partial charge in [0.2, 0.25) is 11.8 Å². The average molecular weight is 267 g/mol. The topological polar surface area (TPSA) is 61.4 Å². The van der Waals surface area contributed by atoms with Gasteiger partial charge >= 0.3 is 0 Å². The van der Waals surface area contributed by atoms with E-state index in [1.54, 1.807) is 4.90 Å². The van der Waals surface area contributed by atoms with Crippen molar-refractivity contribution in [3.05, 3.63) is 0 Å². The van der Waals surface area contributed by atoms with Gasteiger partial charge in [-0.25, -0.2) is 0 Å². The quantitative estimate of drug-likeness (QED) is 0.786. The molecule has 2 N–H and O–H groups in total. The molecule has 0 aromatic carbocycles. The summed E-state index contributed by atoms with van der Waals surface area (Å²) < 4.78 is 0. The summed E-state index contributed by atoms with van der Waals surface area (Å²) in [5.74, 6) is 0.119. The number of likely N-dealkylation sites (tertiary alicyclic amines) is 1. The van der Waals surface area contributed by atoms with Crippen LogP contribution in [-0.2, 0) is 9.59 Å². The Kier molecular flexibility index (Phi) is 5.19. The summed E-state index contributed by atoms with van der Waals surface area (Å²) in [4.78, 5) is 25.9. The number of nitrogens with zero attached hydrogens (tertiary/aromatic N) is 1. The summed E-state index contributed by atoms with van der Waals surface area (Å²) in [6.07, 6.45) is 5.64. The molecule has 19 heavy (non-hydrogen) atoms. The van der Waals surface area contributed by atoms with Crippen LogP contribution >= 0.6 is 0 Å². The standard InChI is InChI=1S/C14H25N3O2/c1-2-13(18)17-9-4-3-7-12(17)14(19)16-10-11-6-5-8-15-11/h11-12,15H,2-10H2,1H3,(H,16,19). The minimum atomic E-state index is -0.248. The third-order valence-electron chi connectivity index (χ3n) is 4.11. The lowest BCUT2D eigenvalue weighted by molar-refractivity contribution is -0.142. The number of piperidine rings is 1. The molecular weight excluding hydrogens is 242 g/mol. The number of carbonyl (C=O) groups is 2. The van der Waals surface area contributed by atoms with Gasteiger partial charge in [0.15, 0.2) is 0 Å². The second-order valence-electron chi connectivity index (χ2n) is 5.49. The second-order valence-corrected chi connectivity index (χ2v) is 5.49. The highest BCUT2D eigenvalue weighted by molar-refractivity contribution is 5.87. The smallest absolute Gasteiger partial charge is 0.242 e. The Morgan fingerprint density at radius 1 is 1.26 bits per heavy atom. The first-order valence-electron chi connectivity index (χ1n) is 7.53. The van der Waals surface area contributed by atoms with Crippen LogP contribution in [0, 0.1) is 0 Å². The van der Waals surface area contributed by atoms with E-state index in [-0.39, 0.29) is 17.9 Å². The molecule has 0 aliphatic carbocycles. The largest absolute Gasteiger partial charge is 0.353 e. The Labute approximate surface area is 115 Å². The Balaban J connectivity index is 1.85. The Bertz CT molecular complexity index is 327. The molecule has 0 radical (unpaired) electrons. The zero-order chi connectivity index (χ0) is 13.7. The fraction of sp³-hybridized carbons (Fsp3) is 0.857. The van der Waals surface area contributed by atoms with Crippen LogP contribution in [0.2, 0.25) is 0 Å². The van der Waals surface area contributed by atoms with Gasteiger partial charge in [-0.1, -0.05) is 6.92 Å². The molecule has 2 amide bonds. The summed E-state index contributed by atoms with van der Waals surface area (Å²) in [7, 11) is 0. The van der Waals surface area contributed by atoms with E-state index in [0.29, 0.717) is 19.0 Å². The van der Waals surface area contributed by atoms with E-state index in [1.807, 2.05) is 6.92 Å². The lowest BCUT2D eigenvalue weighted by atomic mass is 10.0. The average Bonchev–Trinajstić information content (AvgIpc) is 2.97. The van der Waals surface area contributed by atoms with E-state index in [2.05, 4.69) is 10.6 Å². The molecule has 5 nitrogen and oxygen atoms in total. The predicted molar refractivity (Wildman–Crippen MR) is 73.7 cm³/mol. The van der Waals surface area contributed by atoms with Gasteiger partial charge in [-0.2, -0.15) is 0 Å². The number of amides is 2. The Hall–Kier alpha value is -1.10. The van der Waals surface area contributed by atoms with Crippen LogP contribution in [0.3, 0.4) is 0 Å². The van der Waals surface area contributed by atoms with Gasteiger partial charge in [0, 0.05) is 25.6 Å². The monoisotopic (exact) mass is 267 g/mol. The van der Waals surface area contributed by atoms with Crippen molar-refractivity contribution in [2.75, 3.05) is 19.6 Å². The molecule has 0 saturated carbocycles. The van der Waals surface area contributed by atoms with E-state index in [0.717, 1.165) is 38.8 Å². The molecule has 2 aliphatic rings. The highest BCUT2D eigenvalue weighted by Crippen LogP contribution is 2.18. The first-order chi connectivity index (χ1) is 9.22. The van der Waals surface area contributed by atoms with Crippen molar-refractivity contribution in [1.29, 1.82) is 0 Å². The summed E-state index contributed by atoms with van der Waals surface area (Å²) >= 11 is 0. The van der Waals surface area contributed by atoms with Gasteiger partial charge in [-0.3, -0.25) is 9.59 Å². The van der Waals surface area contributed by atoms with Crippen LogP contribution in [0.25, 0.3) is 0 Å². The summed E-state index contributed by atoms with van der Waals surface area (Å²) in [6.45, 7) is 4.31. The van der Waals surface area contributed by atoms with Crippen LogP contribution in [0.15, 0.2) is 0 Å². The highest BCUT2D eigenvalue weighted by atomic mass is 16.2. The second kappa shape index (κ2) is 6.89. The van der Waals surface area contributed by atoms with E-state index >= 15 is 0 Å². The molecule has 0 aromatic rings. The van der Waals surface area contributed by atoms with Crippen molar-refractivity contribution in [3.63, 3.8) is 0 Å². The van der Waals surface area contributed by atoms with Crippen molar-refractivity contribution in [1.82, 2.24) is 15.5 Å². The molecule has 2 unspecified atom stereocenters. The first-order valence-corrected chi connectivity index (χ1v) is 7.53. The third-order valence-corrected chi connectivity index (χ3v) is 4.11. The van der Waals surface area contributed by atoms with Gasteiger partial charge in [0.25, 0.3) is 0 Å². The zero-order valence-corrected chi connectivity index (χ0v) is 11.8. The Morgan fingerprint density at radius 2 is 2.11 bits per heavy atom. The molecule has 2 rings (SSSR count). The fourth-order valence-electron chi connectivity index (χ4n) is 2.98. The molecule has 2 aliphatic heterocycles. The van der Waals surface area contributed by atoms with Gasteiger partial charge in [-0.05, 0) is 38.6 Å². The SMILES string of the molecule is CCC(=O)N1CCCCC1C(=O)NCC1CCCN1. The maximum Gasteiger partial charge on any atom is 0.242 e. The molecule has 5 heteroatoms. The van der Waals surface area contributed by atoms with Gasteiger partial charge in [0.1, 0.15) is 6.04 Å². The van der Waals surface area contributed by atoms with Crippen molar-refractivity contribution < 1.29 is 9.59 Å². The van der Waals surface area contributed by atoms with Crippen molar-refractivity contribution in [2.45, 2.75) is 57.5 Å². The molecule has 0 spiro atoms. The minimum Gasteiger partial charge on any atom is -0.353 e. The number of rotatable bonds is 4. The first kappa shape index (κ1) is 14.3. The fourth-order valence-corrected chi connectivity index (χ4v) is 2.98. The lowest BCUT2D eigenvalue weighted by Gasteiger charge is -2.34. The molecule has 2 saturated heterocycles. The summed E-state index contributed by atoms with van der Waals surface area (Å²) in [5.41, 5.74) is 0. The molecule has 0 aromatic heterocycles.